The maximum atomic E-state index is 11.7. The monoisotopic (exact) mass is 307 g/mol. The smallest absolute Gasteiger partial charge is 0.412 e. The molecule has 0 spiro atoms. The summed E-state index contributed by atoms with van der Waals surface area (Å²) >= 11 is 0. The number of carbonyl (C=O) groups excluding carboxylic acids is 1. The Morgan fingerprint density at radius 3 is 2.50 bits per heavy atom. The number of rotatable bonds is 4. The Morgan fingerprint density at radius 1 is 1.32 bits per heavy atom. The van der Waals surface area contributed by atoms with Crippen LogP contribution in [0.25, 0.3) is 0 Å². The molecule has 0 heterocycles. The molecular weight excluding hydrogens is 286 g/mol. The molecule has 2 N–H and O–H groups in total. The van der Waals surface area contributed by atoms with Gasteiger partial charge in [0.15, 0.2) is 0 Å². The number of anilines is 1. The minimum atomic E-state index is -0.789. The number of amides is 1. The van der Waals surface area contributed by atoms with Crippen molar-refractivity contribution in [1.29, 1.82) is 0 Å². The lowest BCUT2D eigenvalue weighted by Gasteiger charge is -2.20. The third-order valence-corrected chi connectivity index (χ3v) is 3.39. The third-order valence-electron chi connectivity index (χ3n) is 3.39. The zero-order valence-electron chi connectivity index (χ0n) is 13.2. The van der Waals surface area contributed by atoms with Crippen molar-refractivity contribution < 1.29 is 24.2 Å². The Morgan fingerprint density at radius 2 is 2.00 bits per heavy atom. The van der Waals surface area contributed by atoms with Crippen molar-refractivity contribution in [3.05, 3.63) is 23.8 Å². The molecule has 6 nitrogen and oxygen atoms in total. The quantitative estimate of drug-likeness (QED) is 0.892. The van der Waals surface area contributed by atoms with Crippen LogP contribution in [0, 0.1) is 5.92 Å². The molecule has 1 aliphatic carbocycles. The van der Waals surface area contributed by atoms with Crippen molar-refractivity contribution in [2.45, 2.75) is 38.7 Å². The van der Waals surface area contributed by atoms with E-state index >= 15 is 0 Å². The second kappa shape index (κ2) is 5.87. The van der Waals surface area contributed by atoms with Gasteiger partial charge in [-0.05, 0) is 38.8 Å². The van der Waals surface area contributed by atoms with Crippen LogP contribution in [0.2, 0.25) is 0 Å². The number of hydrogen-bond acceptors (Lipinski definition) is 4. The Kier molecular flexibility index (Phi) is 4.30. The van der Waals surface area contributed by atoms with Crippen molar-refractivity contribution in [3.8, 4) is 5.75 Å². The maximum absolute atomic E-state index is 11.7. The Bertz CT molecular complexity index is 591. The molecule has 1 aliphatic rings. The number of hydrogen-bond donors (Lipinski definition) is 2. The molecule has 0 aromatic heterocycles. The number of aliphatic carboxylic acids is 1. The molecule has 2 rings (SSSR count). The second-order valence-corrected chi connectivity index (χ2v) is 6.37. The van der Waals surface area contributed by atoms with Gasteiger partial charge in [-0.3, -0.25) is 10.1 Å². The largest absolute Gasteiger partial charge is 0.496 e. The fourth-order valence-electron chi connectivity index (χ4n) is 2.33. The third kappa shape index (κ3) is 3.90. The van der Waals surface area contributed by atoms with Crippen LogP contribution in [-0.4, -0.2) is 29.9 Å². The van der Waals surface area contributed by atoms with E-state index in [-0.39, 0.29) is 11.8 Å². The summed E-state index contributed by atoms with van der Waals surface area (Å²) in [5.74, 6) is -0.591. The summed E-state index contributed by atoms with van der Waals surface area (Å²) in [6, 6.07) is 5.19. The van der Waals surface area contributed by atoms with Gasteiger partial charge in [-0.1, -0.05) is 6.07 Å². The first-order valence-corrected chi connectivity index (χ1v) is 7.12. The first-order chi connectivity index (χ1) is 10.2. The average Bonchev–Trinajstić information content (AvgIpc) is 3.16. The van der Waals surface area contributed by atoms with E-state index in [1.165, 1.54) is 7.11 Å². The van der Waals surface area contributed by atoms with Crippen LogP contribution in [0.5, 0.6) is 5.75 Å². The van der Waals surface area contributed by atoms with Gasteiger partial charge in [0, 0.05) is 17.7 Å². The molecule has 2 atom stereocenters. The van der Waals surface area contributed by atoms with Crippen LogP contribution in [0.4, 0.5) is 10.5 Å². The summed E-state index contributed by atoms with van der Waals surface area (Å²) < 4.78 is 10.5. The van der Waals surface area contributed by atoms with E-state index in [9.17, 15) is 9.59 Å². The van der Waals surface area contributed by atoms with Gasteiger partial charge < -0.3 is 14.6 Å². The molecule has 120 valence electrons. The Labute approximate surface area is 129 Å². The summed E-state index contributed by atoms with van der Waals surface area (Å²) in [5.41, 5.74) is 0.823. The predicted octanol–water partition coefficient (Wildman–Crippen LogP) is 3.23. The van der Waals surface area contributed by atoms with Gasteiger partial charge in [-0.25, -0.2) is 4.79 Å². The molecule has 1 amide bonds. The predicted molar refractivity (Wildman–Crippen MR) is 81.3 cm³/mol. The van der Waals surface area contributed by atoms with E-state index < -0.39 is 17.7 Å². The Hall–Kier alpha value is -2.24. The topological polar surface area (TPSA) is 84.9 Å². The van der Waals surface area contributed by atoms with E-state index in [0.717, 1.165) is 5.56 Å². The standard InChI is InChI=1S/C16H21NO5/c1-16(2,3)22-15(20)17-9-5-6-10(13(7-9)21-4)11-8-12(11)14(18)19/h5-7,11-12H,8H2,1-4H3,(H,17,20)(H,18,19). The fraction of sp³-hybridized carbons (Fsp3) is 0.500. The highest BCUT2D eigenvalue weighted by atomic mass is 16.6. The number of methoxy groups -OCH3 is 1. The number of carboxylic acids is 1. The van der Waals surface area contributed by atoms with E-state index in [4.69, 9.17) is 14.6 Å². The first-order valence-electron chi connectivity index (χ1n) is 7.12. The number of ether oxygens (including phenoxy) is 2. The van der Waals surface area contributed by atoms with Gasteiger partial charge in [0.2, 0.25) is 0 Å². The van der Waals surface area contributed by atoms with Crippen LogP contribution in [-0.2, 0) is 9.53 Å². The van der Waals surface area contributed by atoms with Gasteiger partial charge in [0.05, 0.1) is 13.0 Å². The van der Waals surface area contributed by atoms with E-state index in [1.807, 2.05) is 0 Å². The average molecular weight is 307 g/mol. The first kappa shape index (κ1) is 16.1. The maximum Gasteiger partial charge on any atom is 0.412 e. The minimum absolute atomic E-state index is 0.0250. The molecule has 1 aromatic rings. The molecular formula is C16H21NO5. The zero-order valence-corrected chi connectivity index (χ0v) is 13.2. The van der Waals surface area contributed by atoms with Crippen molar-refractivity contribution in [2.24, 2.45) is 5.92 Å². The minimum Gasteiger partial charge on any atom is -0.496 e. The highest BCUT2D eigenvalue weighted by molar-refractivity contribution is 5.85. The lowest BCUT2D eigenvalue weighted by molar-refractivity contribution is -0.138. The van der Waals surface area contributed by atoms with Crippen LogP contribution >= 0.6 is 0 Å². The molecule has 2 unspecified atom stereocenters. The lowest BCUT2D eigenvalue weighted by atomic mass is 10.1. The summed E-state index contributed by atoms with van der Waals surface area (Å²) in [4.78, 5) is 22.7. The molecule has 22 heavy (non-hydrogen) atoms. The number of carboxylic acid groups (broad SMARTS) is 1. The molecule has 1 saturated carbocycles. The summed E-state index contributed by atoms with van der Waals surface area (Å²) in [6.07, 6.45) is 0.0713. The summed E-state index contributed by atoms with van der Waals surface area (Å²) in [7, 11) is 1.52. The summed E-state index contributed by atoms with van der Waals surface area (Å²) in [6.45, 7) is 5.36. The SMILES string of the molecule is COc1cc(NC(=O)OC(C)(C)C)ccc1C1CC1C(=O)O. The number of benzene rings is 1. The molecule has 0 bridgehead atoms. The molecule has 0 saturated heterocycles. The van der Waals surface area contributed by atoms with Crippen LogP contribution < -0.4 is 10.1 Å². The lowest BCUT2D eigenvalue weighted by Crippen LogP contribution is -2.27. The second-order valence-electron chi connectivity index (χ2n) is 6.37. The van der Waals surface area contributed by atoms with Crippen LogP contribution in [0.3, 0.4) is 0 Å². The fourth-order valence-corrected chi connectivity index (χ4v) is 2.33. The number of nitrogens with one attached hydrogen (secondary N) is 1. The molecule has 1 aromatic carbocycles. The molecule has 6 heteroatoms. The van der Waals surface area contributed by atoms with Gasteiger partial charge in [0.25, 0.3) is 0 Å². The van der Waals surface area contributed by atoms with Gasteiger partial charge in [0.1, 0.15) is 11.4 Å². The van der Waals surface area contributed by atoms with Gasteiger partial charge in [-0.2, -0.15) is 0 Å². The normalized spacial score (nSPS) is 20.2. The van der Waals surface area contributed by atoms with Gasteiger partial charge in [-0.15, -0.1) is 0 Å². The van der Waals surface area contributed by atoms with E-state index in [1.54, 1.807) is 39.0 Å². The van der Waals surface area contributed by atoms with E-state index in [2.05, 4.69) is 5.32 Å². The van der Waals surface area contributed by atoms with Crippen molar-refractivity contribution >= 4 is 17.7 Å². The van der Waals surface area contributed by atoms with Crippen molar-refractivity contribution in [2.75, 3.05) is 12.4 Å². The Balaban J connectivity index is 2.10. The molecule has 0 radical (unpaired) electrons. The highest BCUT2D eigenvalue weighted by Crippen LogP contribution is 2.50. The zero-order chi connectivity index (χ0) is 16.5. The highest BCUT2D eigenvalue weighted by Gasteiger charge is 2.45. The van der Waals surface area contributed by atoms with E-state index in [0.29, 0.717) is 17.9 Å². The van der Waals surface area contributed by atoms with Gasteiger partial charge >= 0.3 is 12.1 Å². The van der Waals surface area contributed by atoms with Crippen molar-refractivity contribution in [3.63, 3.8) is 0 Å². The molecule has 1 fully saturated rings. The van der Waals surface area contributed by atoms with Crippen molar-refractivity contribution in [1.82, 2.24) is 0 Å². The summed E-state index contributed by atoms with van der Waals surface area (Å²) in [5, 5.41) is 11.7. The number of carbonyl (C=O) groups is 2. The van der Waals surface area contributed by atoms with Crippen LogP contribution in [0.15, 0.2) is 18.2 Å². The molecule has 0 aliphatic heterocycles. The van der Waals surface area contributed by atoms with Crippen LogP contribution in [0.1, 0.15) is 38.7 Å².